The molecule has 1 N–H and O–H groups in total. The van der Waals surface area contributed by atoms with Crippen molar-refractivity contribution in [3.8, 4) is 0 Å². The molecule has 0 aromatic carbocycles. The van der Waals surface area contributed by atoms with Crippen LogP contribution in [0.4, 0.5) is 0 Å². The van der Waals surface area contributed by atoms with Gasteiger partial charge in [0.25, 0.3) is 0 Å². The molecule has 0 amide bonds. The van der Waals surface area contributed by atoms with Gasteiger partial charge in [0.2, 0.25) is 0 Å². The highest BCUT2D eigenvalue weighted by Crippen LogP contribution is 2.17. The Balaban J connectivity index is 3.74. The third-order valence-corrected chi connectivity index (χ3v) is 5.36. The van der Waals surface area contributed by atoms with Crippen molar-refractivity contribution in [1.82, 2.24) is 0 Å². The Morgan fingerprint density at radius 3 is 2.17 bits per heavy atom. The van der Waals surface area contributed by atoms with Crippen molar-refractivity contribution in [2.45, 2.75) is 83.8 Å². The standard InChI is InChI=1S/C17H37NO4S/c1-5-6-7-8-9-10-11-12-13-16(2)18(3,4)14-17(19)15-23-22-21-20/h16-17,19H,5-15H2,1-4H3. The molecule has 0 rings (SSSR count). The van der Waals surface area contributed by atoms with Gasteiger partial charge in [0.15, 0.2) is 0 Å². The van der Waals surface area contributed by atoms with Crippen LogP contribution in [-0.4, -0.2) is 48.1 Å². The van der Waals surface area contributed by atoms with Crippen LogP contribution in [0, 0.1) is 0 Å². The second-order valence-corrected chi connectivity index (χ2v) is 7.85. The van der Waals surface area contributed by atoms with Gasteiger partial charge in [0.05, 0.1) is 25.9 Å². The first-order valence-electron chi connectivity index (χ1n) is 9.02. The van der Waals surface area contributed by atoms with Crippen molar-refractivity contribution in [3.63, 3.8) is 0 Å². The Hall–Kier alpha value is 0.150. The fourth-order valence-corrected chi connectivity index (χ4v) is 3.18. The third-order valence-electron chi connectivity index (χ3n) is 4.69. The number of hydrogen-bond donors (Lipinski definition) is 1. The lowest BCUT2D eigenvalue weighted by Crippen LogP contribution is -2.51. The van der Waals surface area contributed by atoms with Crippen LogP contribution < -0.4 is 5.26 Å². The summed E-state index contributed by atoms with van der Waals surface area (Å²) in [6, 6.07) is 0.506. The Bertz CT molecular complexity index is 267. The van der Waals surface area contributed by atoms with Crippen molar-refractivity contribution in [3.05, 3.63) is 0 Å². The van der Waals surface area contributed by atoms with E-state index < -0.39 is 6.10 Å². The molecule has 6 heteroatoms. The summed E-state index contributed by atoms with van der Waals surface area (Å²) in [5.41, 5.74) is 0. The normalized spacial score (nSPS) is 14.9. The molecule has 0 aliphatic carbocycles. The maximum Gasteiger partial charge on any atom is 0.114 e. The molecule has 0 fully saturated rings. The van der Waals surface area contributed by atoms with Gasteiger partial charge in [-0.05, 0) is 19.8 Å². The van der Waals surface area contributed by atoms with E-state index in [2.05, 4.69) is 37.3 Å². The highest BCUT2D eigenvalue weighted by atomic mass is 32.2. The van der Waals surface area contributed by atoms with Crippen molar-refractivity contribution in [2.75, 3.05) is 26.4 Å². The van der Waals surface area contributed by atoms with Gasteiger partial charge in [-0.1, -0.05) is 51.9 Å². The van der Waals surface area contributed by atoms with E-state index in [1.807, 2.05) is 0 Å². The Kier molecular flexibility index (Phi) is 14.6. The summed E-state index contributed by atoms with van der Waals surface area (Å²) >= 11 is 0.851. The second-order valence-electron chi connectivity index (χ2n) is 7.15. The predicted molar refractivity (Wildman–Crippen MR) is 94.3 cm³/mol. The van der Waals surface area contributed by atoms with Crippen LogP contribution in [0.1, 0.15) is 71.6 Å². The van der Waals surface area contributed by atoms with Crippen LogP contribution in [0.25, 0.3) is 0 Å². The molecule has 2 atom stereocenters. The van der Waals surface area contributed by atoms with Crippen LogP contribution in [0.15, 0.2) is 0 Å². The number of quaternary nitrogens is 1. The molecule has 0 aliphatic heterocycles. The zero-order chi connectivity index (χ0) is 17.6. The number of likely N-dealkylation sites (N-methyl/N-ethyl adjacent to an activating group) is 1. The average Bonchev–Trinajstić information content (AvgIpc) is 2.49. The summed E-state index contributed by atoms with van der Waals surface area (Å²) in [6.07, 6.45) is 11.4. The van der Waals surface area contributed by atoms with Gasteiger partial charge in [-0.2, -0.15) is 4.33 Å². The number of nitrogens with zero attached hydrogens (tertiary/aromatic N) is 1. The summed E-state index contributed by atoms with van der Waals surface area (Å²) in [5.74, 6) is 0.342. The molecule has 5 nitrogen and oxygen atoms in total. The van der Waals surface area contributed by atoms with Crippen LogP contribution in [-0.2, 0) is 9.37 Å². The van der Waals surface area contributed by atoms with E-state index in [1.54, 1.807) is 0 Å². The molecule has 0 saturated heterocycles. The van der Waals surface area contributed by atoms with Crippen molar-refractivity contribution in [2.24, 2.45) is 0 Å². The Morgan fingerprint density at radius 1 is 1.04 bits per heavy atom. The predicted octanol–water partition coefficient (Wildman–Crippen LogP) is 3.21. The van der Waals surface area contributed by atoms with Gasteiger partial charge in [-0.25, -0.2) is 0 Å². The largest absolute Gasteiger partial charge is 0.691 e. The molecule has 0 bridgehead atoms. The molecular weight excluding hydrogens is 314 g/mol. The van der Waals surface area contributed by atoms with Gasteiger partial charge in [-0.3, -0.25) is 5.04 Å². The molecule has 0 spiro atoms. The number of unbranched alkanes of at least 4 members (excludes halogenated alkanes) is 7. The molecule has 0 heterocycles. The average molecular weight is 352 g/mol. The second kappa shape index (κ2) is 14.5. The van der Waals surface area contributed by atoms with E-state index in [0.717, 1.165) is 16.5 Å². The summed E-state index contributed by atoms with van der Waals surface area (Å²) < 4.78 is 4.97. The van der Waals surface area contributed by atoms with Crippen molar-refractivity contribution in [1.29, 1.82) is 0 Å². The van der Waals surface area contributed by atoms with Crippen molar-refractivity contribution >= 4 is 12.0 Å². The zero-order valence-electron chi connectivity index (χ0n) is 15.5. The van der Waals surface area contributed by atoms with E-state index in [0.29, 0.717) is 18.3 Å². The fraction of sp³-hybridized carbons (Fsp3) is 1.00. The van der Waals surface area contributed by atoms with Gasteiger partial charge in [-0.15, -0.1) is 0 Å². The lowest BCUT2D eigenvalue weighted by molar-refractivity contribution is -0.916. The number of hydrogen-bond acceptors (Lipinski definition) is 5. The topological polar surface area (TPSA) is 61.8 Å². The van der Waals surface area contributed by atoms with Gasteiger partial charge >= 0.3 is 0 Å². The summed E-state index contributed by atoms with van der Waals surface area (Å²) in [4.78, 5) is 0. The van der Waals surface area contributed by atoms with Gasteiger partial charge < -0.3 is 14.8 Å². The first kappa shape index (κ1) is 23.1. The van der Waals surface area contributed by atoms with Crippen LogP contribution in [0.2, 0.25) is 0 Å². The molecule has 0 aliphatic rings. The van der Waals surface area contributed by atoms with E-state index >= 15 is 0 Å². The highest BCUT2D eigenvalue weighted by Gasteiger charge is 2.26. The highest BCUT2D eigenvalue weighted by molar-refractivity contribution is 7.94. The minimum absolute atomic E-state index is 0.342. The van der Waals surface area contributed by atoms with Crippen LogP contribution in [0.5, 0.6) is 0 Å². The lowest BCUT2D eigenvalue weighted by atomic mass is 10.0. The van der Waals surface area contributed by atoms with E-state index in [9.17, 15) is 10.4 Å². The number of rotatable bonds is 16. The molecule has 0 radical (unpaired) electrons. The molecule has 23 heavy (non-hydrogen) atoms. The van der Waals surface area contributed by atoms with Crippen molar-refractivity contribution < 1.29 is 24.2 Å². The maximum atomic E-state index is 10.00. The van der Waals surface area contributed by atoms with E-state index in [-0.39, 0.29) is 0 Å². The lowest BCUT2D eigenvalue weighted by Gasteiger charge is -2.37. The summed E-state index contributed by atoms with van der Waals surface area (Å²) in [5, 5.41) is 23.0. The maximum absolute atomic E-state index is 10.00. The van der Waals surface area contributed by atoms with Crippen LogP contribution in [0.3, 0.4) is 0 Å². The molecule has 2 unspecified atom stereocenters. The summed E-state index contributed by atoms with van der Waals surface area (Å²) in [6.45, 7) is 5.15. The molecule has 0 saturated carbocycles. The van der Waals surface area contributed by atoms with E-state index in [1.165, 1.54) is 57.8 Å². The monoisotopic (exact) mass is 351 g/mol. The molecule has 140 valence electrons. The van der Waals surface area contributed by atoms with Gasteiger partial charge in [0.1, 0.15) is 12.6 Å². The quantitative estimate of drug-likeness (QED) is 0.152. The smallest absolute Gasteiger partial charge is 0.114 e. The summed E-state index contributed by atoms with van der Waals surface area (Å²) in [7, 11) is 4.29. The SMILES string of the molecule is CCCCCCCCCCC(C)[N+](C)(C)CC(O)CSOO[O-]. The Labute approximate surface area is 147 Å². The minimum Gasteiger partial charge on any atom is -0.691 e. The Morgan fingerprint density at radius 2 is 1.61 bits per heavy atom. The first-order chi connectivity index (χ1) is 10.9. The number of aliphatic hydroxyl groups is 1. The van der Waals surface area contributed by atoms with E-state index in [4.69, 9.17) is 0 Å². The number of aliphatic hydroxyl groups excluding tert-OH is 1. The fourth-order valence-electron chi connectivity index (χ4n) is 2.82. The van der Waals surface area contributed by atoms with Gasteiger partial charge in [0, 0.05) is 12.0 Å². The zero-order valence-corrected chi connectivity index (χ0v) is 16.3. The van der Waals surface area contributed by atoms with Crippen LogP contribution >= 0.6 is 12.0 Å². The molecular formula is C17H37NO4S. The molecule has 0 aromatic heterocycles. The molecule has 0 aromatic rings. The minimum atomic E-state index is -0.508. The first-order valence-corrected chi connectivity index (χ1v) is 9.94. The third kappa shape index (κ3) is 13.2.